The van der Waals surface area contributed by atoms with Crippen LogP contribution in [0.25, 0.3) is 0 Å². The van der Waals surface area contributed by atoms with Crippen molar-refractivity contribution in [1.82, 2.24) is 0 Å². The second kappa shape index (κ2) is 20.7. The number of nitrogens with two attached hydrogens (primary N) is 2. The molecule has 0 aromatic heterocycles. The maximum absolute atomic E-state index is 5.82. The quantitative estimate of drug-likeness (QED) is 0.0670. The fourth-order valence-electron chi connectivity index (χ4n) is 6.97. The van der Waals surface area contributed by atoms with E-state index >= 15 is 0 Å². The molecule has 4 rings (SSSR count). The van der Waals surface area contributed by atoms with Crippen molar-refractivity contribution in [3.8, 4) is 0 Å². The van der Waals surface area contributed by atoms with Gasteiger partial charge in [0.25, 0.3) is 0 Å². The Morgan fingerprint density at radius 3 is 0.915 bits per heavy atom. The van der Waals surface area contributed by atoms with Crippen LogP contribution in [-0.2, 0) is 25.7 Å². The topological polar surface area (TPSA) is 52.0 Å². The second-order valence-electron chi connectivity index (χ2n) is 14.2. The van der Waals surface area contributed by atoms with Gasteiger partial charge >= 0.3 is 0 Å². The molecule has 0 heterocycles. The lowest BCUT2D eigenvalue weighted by Crippen LogP contribution is -1.95. The minimum Gasteiger partial charge on any atom is -0.399 e. The molecule has 0 unspecified atom stereocenters. The zero-order valence-electron chi connectivity index (χ0n) is 29.7. The lowest BCUT2D eigenvalue weighted by atomic mass is 9.96. The first-order chi connectivity index (χ1) is 23.0. The van der Waals surface area contributed by atoms with E-state index in [1.165, 1.54) is 154 Å². The highest BCUT2D eigenvalue weighted by Gasteiger charge is 2.04. The van der Waals surface area contributed by atoms with Crippen LogP contribution in [0.3, 0.4) is 0 Å². The van der Waals surface area contributed by atoms with E-state index in [4.69, 9.17) is 11.5 Å². The van der Waals surface area contributed by atoms with Gasteiger partial charge in [0.05, 0.1) is 0 Å². The van der Waals surface area contributed by atoms with Gasteiger partial charge in [-0.3, -0.25) is 0 Å². The summed E-state index contributed by atoms with van der Waals surface area (Å²) in [6.45, 7) is 4.55. The van der Waals surface area contributed by atoms with Gasteiger partial charge in [0.1, 0.15) is 0 Å². The average Bonchev–Trinajstić information content (AvgIpc) is 3.06. The Labute approximate surface area is 287 Å². The Hall–Kier alpha value is -3.52. The monoisotopic (exact) mass is 630 g/mol. The van der Waals surface area contributed by atoms with Crippen LogP contribution in [0, 0.1) is 13.8 Å². The predicted molar refractivity (Wildman–Crippen MR) is 206 cm³/mol. The molecular weight excluding hydrogens is 569 g/mol. The van der Waals surface area contributed by atoms with Crippen LogP contribution < -0.4 is 11.5 Å². The third-order valence-electron chi connectivity index (χ3n) is 9.98. The molecule has 4 N–H and O–H groups in total. The summed E-state index contributed by atoms with van der Waals surface area (Å²) < 4.78 is 0. The summed E-state index contributed by atoms with van der Waals surface area (Å²) in [6, 6.07) is 30.6. The molecule has 0 amide bonds. The van der Waals surface area contributed by atoms with Crippen molar-refractivity contribution in [3.63, 3.8) is 0 Å². The molecule has 2 nitrogen and oxygen atoms in total. The number of rotatable bonds is 22. The highest BCUT2D eigenvalue weighted by molar-refractivity contribution is 5.42. The molecule has 0 aliphatic carbocycles. The Balaban J connectivity index is 0.919. The van der Waals surface area contributed by atoms with E-state index in [0.29, 0.717) is 0 Å². The van der Waals surface area contributed by atoms with Crippen LogP contribution in [0.2, 0.25) is 0 Å². The molecule has 4 aromatic rings. The van der Waals surface area contributed by atoms with Gasteiger partial charge in [-0.2, -0.15) is 0 Å². The number of benzene rings is 4. The van der Waals surface area contributed by atoms with Gasteiger partial charge in [-0.1, -0.05) is 144 Å². The normalized spacial score (nSPS) is 11.3. The largest absolute Gasteiger partial charge is 0.399 e. The fraction of sp³-hybridized carbons (Fsp3) is 0.467. The standard InChI is InChI=1S/C45H62N2/c1-36-32-40(34-38-22-28-44(46)29-23-38)20-26-42(36)18-16-14-12-10-8-6-4-3-5-7-9-11-13-15-17-19-43-27-21-41(33-37(43)2)35-39-24-30-45(47)31-25-39/h20-33H,3-19,34-35,46-47H2,1-2H3. The van der Waals surface area contributed by atoms with Crippen LogP contribution in [0.4, 0.5) is 11.4 Å². The minimum atomic E-state index is 0.833. The number of aryl methyl sites for hydroxylation is 4. The van der Waals surface area contributed by atoms with Crippen molar-refractivity contribution in [2.75, 3.05) is 11.5 Å². The first-order valence-corrected chi connectivity index (χ1v) is 18.8. The SMILES string of the molecule is Cc1cc(Cc2ccc(N)cc2)ccc1CCCCCCCCCCCCCCCCCc1ccc(Cc2ccc(N)cc2)cc1C. The second-order valence-corrected chi connectivity index (χ2v) is 14.2. The highest BCUT2D eigenvalue weighted by atomic mass is 14.5. The number of unbranched alkanes of at least 4 members (excludes halogenated alkanes) is 14. The number of hydrogen-bond donors (Lipinski definition) is 2. The van der Waals surface area contributed by atoms with Crippen molar-refractivity contribution in [1.29, 1.82) is 0 Å². The van der Waals surface area contributed by atoms with Gasteiger partial charge in [-0.05, 0) is 121 Å². The van der Waals surface area contributed by atoms with E-state index in [-0.39, 0.29) is 0 Å². The maximum Gasteiger partial charge on any atom is 0.0314 e. The maximum atomic E-state index is 5.82. The van der Waals surface area contributed by atoms with Gasteiger partial charge in [-0.15, -0.1) is 0 Å². The number of anilines is 2. The molecule has 252 valence electrons. The summed E-state index contributed by atoms with van der Waals surface area (Å²) in [5.41, 5.74) is 24.7. The lowest BCUT2D eigenvalue weighted by Gasteiger charge is -2.10. The molecule has 0 spiro atoms. The van der Waals surface area contributed by atoms with Crippen LogP contribution in [-0.4, -0.2) is 0 Å². The van der Waals surface area contributed by atoms with Gasteiger partial charge in [0.15, 0.2) is 0 Å². The molecule has 0 aliphatic rings. The molecule has 47 heavy (non-hydrogen) atoms. The first kappa shape index (κ1) is 36.3. The van der Waals surface area contributed by atoms with Crippen molar-refractivity contribution < 1.29 is 0 Å². The van der Waals surface area contributed by atoms with E-state index in [1.54, 1.807) is 0 Å². The van der Waals surface area contributed by atoms with Crippen LogP contribution in [0.15, 0.2) is 84.9 Å². The van der Waals surface area contributed by atoms with Crippen molar-refractivity contribution in [3.05, 3.63) is 129 Å². The summed E-state index contributed by atoms with van der Waals surface area (Å²) in [5, 5.41) is 0. The van der Waals surface area contributed by atoms with Crippen molar-refractivity contribution in [2.45, 2.75) is 136 Å². The lowest BCUT2D eigenvalue weighted by molar-refractivity contribution is 0.530. The van der Waals surface area contributed by atoms with Crippen molar-refractivity contribution >= 4 is 11.4 Å². The molecule has 2 heteroatoms. The van der Waals surface area contributed by atoms with Gasteiger partial charge in [0, 0.05) is 11.4 Å². The van der Waals surface area contributed by atoms with E-state index in [9.17, 15) is 0 Å². The zero-order chi connectivity index (χ0) is 33.1. The molecule has 0 saturated carbocycles. The van der Waals surface area contributed by atoms with E-state index in [2.05, 4.69) is 74.5 Å². The average molecular weight is 631 g/mol. The van der Waals surface area contributed by atoms with Crippen molar-refractivity contribution in [2.24, 2.45) is 0 Å². The highest BCUT2D eigenvalue weighted by Crippen LogP contribution is 2.21. The van der Waals surface area contributed by atoms with Gasteiger partial charge in [0.2, 0.25) is 0 Å². The summed E-state index contributed by atoms with van der Waals surface area (Å²) in [5.74, 6) is 0. The molecule has 0 bridgehead atoms. The minimum absolute atomic E-state index is 0.833. The first-order valence-electron chi connectivity index (χ1n) is 18.8. The van der Waals surface area contributed by atoms with Crippen LogP contribution in [0.1, 0.15) is 141 Å². The molecule has 4 aromatic carbocycles. The van der Waals surface area contributed by atoms with Crippen LogP contribution >= 0.6 is 0 Å². The molecule has 0 atom stereocenters. The van der Waals surface area contributed by atoms with E-state index in [1.807, 2.05) is 24.3 Å². The third-order valence-corrected chi connectivity index (χ3v) is 9.98. The molecular formula is C45H62N2. The molecule has 0 radical (unpaired) electrons. The number of hydrogen-bond acceptors (Lipinski definition) is 2. The Kier molecular flexibility index (Phi) is 16.0. The Morgan fingerprint density at radius 1 is 0.340 bits per heavy atom. The molecule has 0 aliphatic heterocycles. The molecule has 0 saturated heterocycles. The fourth-order valence-corrected chi connectivity index (χ4v) is 6.97. The van der Waals surface area contributed by atoms with Crippen LogP contribution in [0.5, 0.6) is 0 Å². The molecule has 0 fully saturated rings. The van der Waals surface area contributed by atoms with Gasteiger partial charge in [-0.25, -0.2) is 0 Å². The predicted octanol–water partition coefficient (Wildman–Crippen LogP) is 12.3. The summed E-state index contributed by atoms with van der Waals surface area (Å²) in [4.78, 5) is 0. The number of nitrogen functional groups attached to an aromatic ring is 2. The van der Waals surface area contributed by atoms with E-state index < -0.39 is 0 Å². The zero-order valence-corrected chi connectivity index (χ0v) is 29.7. The Morgan fingerprint density at radius 2 is 0.617 bits per heavy atom. The summed E-state index contributed by atoms with van der Waals surface area (Å²) in [6.07, 6.45) is 25.3. The van der Waals surface area contributed by atoms with E-state index in [0.717, 1.165) is 24.2 Å². The summed E-state index contributed by atoms with van der Waals surface area (Å²) in [7, 11) is 0. The Bertz CT molecular complexity index is 1320. The van der Waals surface area contributed by atoms with Gasteiger partial charge < -0.3 is 11.5 Å². The smallest absolute Gasteiger partial charge is 0.0314 e. The summed E-state index contributed by atoms with van der Waals surface area (Å²) >= 11 is 0. The third kappa shape index (κ3) is 14.0.